The molecule has 3 aromatic rings. The van der Waals surface area contributed by atoms with E-state index in [2.05, 4.69) is 30.6 Å². The molecule has 7 heteroatoms. The van der Waals surface area contributed by atoms with Crippen LogP contribution in [0, 0.1) is 0 Å². The molecule has 0 unspecified atom stereocenters. The van der Waals surface area contributed by atoms with E-state index < -0.39 is 10.0 Å². The van der Waals surface area contributed by atoms with Crippen LogP contribution in [-0.2, 0) is 16.6 Å². The van der Waals surface area contributed by atoms with Crippen LogP contribution in [0.5, 0.6) is 0 Å². The molecule has 0 fully saturated rings. The van der Waals surface area contributed by atoms with Crippen LogP contribution in [0.15, 0.2) is 58.2 Å². The summed E-state index contributed by atoms with van der Waals surface area (Å²) in [6, 6.07) is 10.3. The summed E-state index contributed by atoms with van der Waals surface area (Å²) in [4.78, 5) is 7.43. The minimum absolute atomic E-state index is 0.209. The molecule has 0 atom stereocenters. The maximum Gasteiger partial charge on any atom is 0.240 e. The van der Waals surface area contributed by atoms with Crippen molar-refractivity contribution >= 4 is 37.0 Å². The molecule has 0 radical (unpaired) electrons. The molecule has 3 rings (SSSR count). The lowest BCUT2D eigenvalue weighted by molar-refractivity contribution is 0.581. The second-order valence-electron chi connectivity index (χ2n) is 4.50. The van der Waals surface area contributed by atoms with Crippen molar-refractivity contribution in [3.05, 3.63) is 58.8 Å². The Morgan fingerprint density at radius 3 is 2.90 bits per heavy atom. The van der Waals surface area contributed by atoms with Gasteiger partial charge in [0.15, 0.2) is 0 Å². The highest BCUT2D eigenvalue weighted by molar-refractivity contribution is 9.10. The van der Waals surface area contributed by atoms with Crippen LogP contribution in [0.4, 0.5) is 0 Å². The molecule has 0 aliphatic rings. The number of nitrogens with one attached hydrogen (secondary N) is 2. The van der Waals surface area contributed by atoms with E-state index in [1.807, 2.05) is 12.1 Å². The van der Waals surface area contributed by atoms with Crippen molar-refractivity contribution in [2.24, 2.45) is 0 Å². The Hall–Kier alpha value is -1.70. The quantitative estimate of drug-likeness (QED) is 0.746. The highest BCUT2D eigenvalue weighted by Gasteiger charge is 2.15. The second kappa shape index (κ2) is 5.59. The molecule has 0 spiro atoms. The Morgan fingerprint density at radius 2 is 2.10 bits per heavy atom. The number of sulfonamides is 1. The number of fused-ring (bicyclic) bond motifs is 1. The van der Waals surface area contributed by atoms with Crippen molar-refractivity contribution < 1.29 is 8.42 Å². The minimum atomic E-state index is -3.54. The van der Waals surface area contributed by atoms with Gasteiger partial charge in [0.1, 0.15) is 5.65 Å². The maximum atomic E-state index is 12.3. The molecule has 2 N–H and O–H groups in total. The first-order valence-electron chi connectivity index (χ1n) is 6.22. The fraction of sp³-hybridized carbons (Fsp3) is 0.0714. The predicted octanol–water partition coefficient (Wildman–Crippen LogP) is 2.80. The molecular formula is C14H12BrN3O2S. The molecule has 21 heavy (non-hydrogen) atoms. The fourth-order valence-electron chi connectivity index (χ4n) is 2.05. The van der Waals surface area contributed by atoms with E-state index >= 15 is 0 Å². The zero-order valence-corrected chi connectivity index (χ0v) is 13.3. The highest BCUT2D eigenvalue weighted by atomic mass is 79.9. The third kappa shape index (κ3) is 2.99. The number of aromatic nitrogens is 2. The average Bonchev–Trinajstić information content (AvgIpc) is 2.88. The van der Waals surface area contributed by atoms with E-state index in [0.29, 0.717) is 0 Å². The van der Waals surface area contributed by atoms with Gasteiger partial charge in [0.05, 0.1) is 4.90 Å². The number of nitrogens with zero attached hydrogens (tertiary/aromatic N) is 1. The monoisotopic (exact) mass is 365 g/mol. The molecule has 0 amide bonds. The van der Waals surface area contributed by atoms with Crippen molar-refractivity contribution in [2.45, 2.75) is 11.4 Å². The Balaban J connectivity index is 1.84. The van der Waals surface area contributed by atoms with Crippen LogP contribution >= 0.6 is 15.9 Å². The zero-order valence-electron chi connectivity index (χ0n) is 10.9. The molecule has 0 aliphatic carbocycles. The van der Waals surface area contributed by atoms with E-state index in [9.17, 15) is 8.42 Å². The number of benzene rings is 1. The van der Waals surface area contributed by atoms with E-state index in [4.69, 9.17) is 0 Å². The van der Waals surface area contributed by atoms with Crippen molar-refractivity contribution in [2.75, 3.05) is 0 Å². The Labute approximate surface area is 130 Å². The lowest BCUT2D eigenvalue weighted by Crippen LogP contribution is -2.23. The first-order valence-corrected chi connectivity index (χ1v) is 8.50. The van der Waals surface area contributed by atoms with Gasteiger partial charge in [-0.25, -0.2) is 18.1 Å². The van der Waals surface area contributed by atoms with Crippen LogP contribution in [0.3, 0.4) is 0 Å². The zero-order chi connectivity index (χ0) is 14.9. The summed E-state index contributed by atoms with van der Waals surface area (Å²) in [5.41, 5.74) is 1.60. The fourth-order valence-corrected chi connectivity index (χ4v) is 3.65. The Kier molecular flexibility index (Phi) is 3.79. The minimum Gasteiger partial charge on any atom is -0.346 e. The summed E-state index contributed by atoms with van der Waals surface area (Å²) in [5.74, 6) is 0. The van der Waals surface area contributed by atoms with E-state index in [0.717, 1.165) is 21.1 Å². The molecule has 0 saturated heterocycles. The van der Waals surface area contributed by atoms with Crippen molar-refractivity contribution in [1.29, 1.82) is 0 Å². The smallest absolute Gasteiger partial charge is 0.240 e. The number of pyridine rings is 1. The van der Waals surface area contributed by atoms with Gasteiger partial charge in [0, 0.05) is 28.8 Å². The number of halogens is 1. The van der Waals surface area contributed by atoms with E-state index in [1.54, 1.807) is 36.7 Å². The van der Waals surface area contributed by atoms with Gasteiger partial charge < -0.3 is 4.98 Å². The van der Waals surface area contributed by atoms with Gasteiger partial charge in [-0.1, -0.05) is 22.0 Å². The van der Waals surface area contributed by atoms with Gasteiger partial charge in [0.2, 0.25) is 10.0 Å². The highest BCUT2D eigenvalue weighted by Crippen LogP contribution is 2.18. The first-order chi connectivity index (χ1) is 10.1. The van der Waals surface area contributed by atoms with Crippen molar-refractivity contribution in [1.82, 2.24) is 14.7 Å². The van der Waals surface area contributed by atoms with Crippen LogP contribution in [0.25, 0.3) is 11.0 Å². The number of hydrogen-bond acceptors (Lipinski definition) is 3. The van der Waals surface area contributed by atoms with Crippen LogP contribution in [-0.4, -0.2) is 18.4 Å². The largest absolute Gasteiger partial charge is 0.346 e. The number of hydrogen-bond donors (Lipinski definition) is 2. The van der Waals surface area contributed by atoms with E-state index in [1.165, 1.54) is 0 Å². The SMILES string of the molecule is O=S(=O)(NCc1c[nH]c2ncccc12)c1cccc(Br)c1. The normalized spacial score (nSPS) is 11.9. The summed E-state index contributed by atoms with van der Waals surface area (Å²) in [6.45, 7) is 0.209. The third-order valence-corrected chi connectivity index (χ3v) is 4.99. The number of H-pyrrole nitrogens is 1. The lowest BCUT2D eigenvalue weighted by Gasteiger charge is -2.06. The Bertz CT molecular complexity index is 890. The standard InChI is InChI=1S/C14H12BrN3O2S/c15-11-3-1-4-12(7-11)21(19,20)18-9-10-8-17-14-13(10)5-2-6-16-14/h1-8,18H,9H2,(H,16,17). The van der Waals surface area contributed by atoms with E-state index in [-0.39, 0.29) is 11.4 Å². The average molecular weight is 366 g/mol. The lowest BCUT2D eigenvalue weighted by atomic mass is 10.2. The molecule has 5 nitrogen and oxygen atoms in total. The van der Waals surface area contributed by atoms with Crippen molar-refractivity contribution in [3.8, 4) is 0 Å². The predicted molar refractivity (Wildman–Crippen MR) is 84.3 cm³/mol. The summed E-state index contributed by atoms with van der Waals surface area (Å²) >= 11 is 3.27. The summed E-state index contributed by atoms with van der Waals surface area (Å²) in [5, 5.41) is 0.912. The van der Waals surface area contributed by atoms with Gasteiger partial charge in [0.25, 0.3) is 0 Å². The number of rotatable bonds is 4. The van der Waals surface area contributed by atoms with Gasteiger partial charge in [-0.05, 0) is 35.9 Å². The molecule has 0 saturated carbocycles. The van der Waals surface area contributed by atoms with Gasteiger partial charge >= 0.3 is 0 Å². The van der Waals surface area contributed by atoms with Gasteiger partial charge in [-0.15, -0.1) is 0 Å². The summed E-state index contributed by atoms with van der Waals surface area (Å²) < 4.78 is 27.8. The molecular weight excluding hydrogens is 354 g/mol. The van der Waals surface area contributed by atoms with Gasteiger partial charge in [-0.2, -0.15) is 0 Å². The van der Waals surface area contributed by atoms with Gasteiger partial charge in [-0.3, -0.25) is 0 Å². The summed E-state index contributed by atoms with van der Waals surface area (Å²) in [6.07, 6.45) is 3.45. The van der Waals surface area contributed by atoms with Crippen LogP contribution in [0.1, 0.15) is 5.56 Å². The Morgan fingerprint density at radius 1 is 1.24 bits per heavy atom. The maximum absolute atomic E-state index is 12.3. The number of aromatic amines is 1. The summed E-state index contributed by atoms with van der Waals surface area (Å²) in [7, 11) is -3.54. The molecule has 2 aromatic heterocycles. The molecule has 108 valence electrons. The molecule has 0 bridgehead atoms. The first kappa shape index (κ1) is 14.2. The topological polar surface area (TPSA) is 74.8 Å². The molecule has 1 aromatic carbocycles. The molecule has 0 aliphatic heterocycles. The third-order valence-electron chi connectivity index (χ3n) is 3.10. The van der Waals surface area contributed by atoms with Crippen LogP contribution in [0.2, 0.25) is 0 Å². The van der Waals surface area contributed by atoms with Crippen LogP contribution < -0.4 is 4.72 Å². The van der Waals surface area contributed by atoms with Crippen molar-refractivity contribution in [3.63, 3.8) is 0 Å². The second-order valence-corrected chi connectivity index (χ2v) is 7.18. The molecule has 2 heterocycles.